The van der Waals surface area contributed by atoms with Gasteiger partial charge in [0.2, 0.25) is 0 Å². The van der Waals surface area contributed by atoms with Crippen molar-refractivity contribution in [3.05, 3.63) is 11.8 Å². The quantitative estimate of drug-likeness (QED) is 0.546. The number of carbonyl (C=O) groups excluding carboxylic acids is 1. The highest BCUT2D eigenvalue weighted by Crippen LogP contribution is 2.40. The van der Waals surface area contributed by atoms with Crippen molar-refractivity contribution < 1.29 is 28.5 Å². The van der Waals surface area contributed by atoms with Crippen molar-refractivity contribution in [2.75, 3.05) is 20.8 Å². The third kappa shape index (κ3) is 2.50. The molecule has 2 rings (SSSR count). The van der Waals surface area contributed by atoms with Crippen molar-refractivity contribution in [3.8, 4) is 0 Å². The summed E-state index contributed by atoms with van der Waals surface area (Å²) in [6.07, 6.45) is 0.353. The van der Waals surface area contributed by atoms with Crippen LogP contribution in [0.2, 0.25) is 0 Å². The van der Waals surface area contributed by atoms with Crippen LogP contribution in [0, 0.1) is 0 Å². The molecule has 3 atom stereocenters. The predicted molar refractivity (Wildman–Crippen MR) is 60.7 cm³/mol. The molecule has 0 aromatic carbocycles. The van der Waals surface area contributed by atoms with Crippen LogP contribution in [0.3, 0.4) is 0 Å². The van der Waals surface area contributed by atoms with Gasteiger partial charge >= 0.3 is 5.97 Å². The second-order valence-electron chi connectivity index (χ2n) is 4.70. The topological polar surface area (TPSA) is 63.2 Å². The number of ether oxygens (including phenoxy) is 5. The molecule has 2 aliphatic heterocycles. The largest absolute Gasteiger partial charge is 0.486 e. The highest BCUT2D eigenvalue weighted by atomic mass is 16.8. The zero-order valence-corrected chi connectivity index (χ0v) is 11.0. The first-order valence-electron chi connectivity index (χ1n) is 5.77. The minimum Gasteiger partial charge on any atom is -0.486 e. The molecule has 0 bridgehead atoms. The Labute approximate surface area is 106 Å². The molecule has 0 aliphatic carbocycles. The van der Waals surface area contributed by atoms with Crippen LogP contribution in [0.1, 0.15) is 13.8 Å². The first-order chi connectivity index (χ1) is 8.46. The summed E-state index contributed by atoms with van der Waals surface area (Å²) < 4.78 is 26.8. The standard InChI is InChI=1S/C12H18O6/c1-12(2)17-10-7(5-9(13)15-4)16-8(6-14-3)11(10)18-12/h5,8,10-11H,6H2,1-4H3/b7-5+/t8-,10+,11-/m1/s1. The average molecular weight is 258 g/mol. The number of esters is 1. The molecule has 0 spiro atoms. The molecule has 6 heteroatoms. The van der Waals surface area contributed by atoms with Crippen LogP contribution in [0.4, 0.5) is 0 Å². The van der Waals surface area contributed by atoms with Crippen molar-refractivity contribution in [3.63, 3.8) is 0 Å². The predicted octanol–water partition coefficient (Wildman–Crippen LogP) is 0.609. The molecule has 0 N–H and O–H groups in total. The van der Waals surface area contributed by atoms with Crippen molar-refractivity contribution in [1.82, 2.24) is 0 Å². The van der Waals surface area contributed by atoms with E-state index in [1.165, 1.54) is 13.2 Å². The van der Waals surface area contributed by atoms with Gasteiger partial charge in [0.15, 0.2) is 11.9 Å². The van der Waals surface area contributed by atoms with E-state index in [9.17, 15) is 4.79 Å². The fraction of sp³-hybridized carbons (Fsp3) is 0.750. The highest BCUT2D eigenvalue weighted by molar-refractivity contribution is 5.82. The Morgan fingerprint density at radius 2 is 2.11 bits per heavy atom. The average Bonchev–Trinajstić information content (AvgIpc) is 2.76. The van der Waals surface area contributed by atoms with Gasteiger partial charge in [-0.15, -0.1) is 0 Å². The first-order valence-corrected chi connectivity index (χ1v) is 5.77. The summed E-state index contributed by atoms with van der Waals surface area (Å²) >= 11 is 0. The fourth-order valence-corrected chi connectivity index (χ4v) is 2.17. The summed E-state index contributed by atoms with van der Waals surface area (Å²) in [6.45, 7) is 4.02. The lowest BCUT2D eigenvalue weighted by atomic mass is 10.1. The Bertz CT molecular complexity index is 362. The van der Waals surface area contributed by atoms with Gasteiger partial charge in [-0.2, -0.15) is 0 Å². The maximum absolute atomic E-state index is 11.3. The Hall–Kier alpha value is -1.11. The lowest BCUT2D eigenvalue weighted by Crippen LogP contribution is -2.32. The summed E-state index contributed by atoms with van der Waals surface area (Å²) in [5, 5.41) is 0. The monoisotopic (exact) mass is 258 g/mol. The zero-order chi connectivity index (χ0) is 13.3. The molecular formula is C12H18O6. The third-order valence-corrected chi connectivity index (χ3v) is 2.86. The van der Waals surface area contributed by atoms with E-state index < -0.39 is 11.8 Å². The van der Waals surface area contributed by atoms with Crippen molar-refractivity contribution >= 4 is 5.97 Å². The summed E-state index contributed by atoms with van der Waals surface area (Å²) in [4.78, 5) is 11.3. The lowest BCUT2D eigenvalue weighted by molar-refractivity contribution is -0.170. The van der Waals surface area contributed by atoms with Crippen LogP contribution >= 0.6 is 0 Å². The molecule has 0 aromatic rings. The van der Waals surface area contributed by atoms with E-state index in [0.29, 0.717) is 12.4 Å². The van der Waals surface area contributed by atoms with Crippen LogP contribution in [0.5, 0.6) is 0 Å². The van der Waals surface area contributed by atoms with E-state index >= 15 is 0 Å². The Morgan fingerprint density at radius 1 is 1.39 bits per heavy atom. The zero-order valence-electron chi connectivity index (χ0n) is 11.0. The van der Waals surface area contributed by atoms with Crippen molar-refractivity contribution in [2.45, 2.75) is 37.9 Å². The van der Waals surface area contributed by atoms with E-state index in [4.69, 9.17) is 18.9 Å². The number of hydrogen-bond acceptors (Lipinski definition) is 6. The highest BCUT2D eigenvalue weighted by Gasteiger charge is 2.53. The van der Waals surface area contributed by atoms with Gasteiger partial charge in [0.1, 0.15) is 18.0 Å². The molecule has 2 saturated heterocycles. The Kier molecular flexibility index (Phi) is 3.61. The van der Waals surface area contributed by atoms with Crippen LogP contribution < -0.4 is 0 Å². The van der Waals surface area contributed by atoms with E-state index in [0.717, 1.165) is 0 Å². The summed E-state index contributed by atoms with van der Waals surface area (Å²) in [7, 11) is 2.90. The summed E-state index contributed by atoms with van der Waals surface area (Å²) in [5.41, 5.74) is 0. The van der Waals surface area contributed by atoms with Gasteiger partial charge in [-0.3, -0.25) is 0 Å². The molecular weight excluding hydrogens is 240 g/mol. The normalized spacial score (nSPS) is 35.3. The van der Waals surface area contributed by atoms with Gasteiger partial charge in [0, 0.05) is 7.11 Å². The van der Waals surface area contributed by atoms with Gasteiger partial charge in [-0.25, -0.2) is 4.79 Å². The number of methoxy groups -OCH3 is 2. The van der Waals surface area contributed by atoms with Gasteiger partial charge in [0.05, 0.1) is 19.8 Å². The first kappa shape index (κ1) is 13.3. The number of hydrogen-bond donors (Lipinski definition) is 0. The smallest absolute Gasteiger partial charge is 0.333 e. The van der Waals surface area contributed by atoms with Crippen LogP contribution in [-0.2, 0) is 28.5 Å². The molecule has 0 saturated carbocycles. The molecule has 102 valence electrons. The molecule has 0 aromatic heterocycles. The molecule has 2 aliphatic rings. The minimum atomic E-state index is -0.694. The van der Waals surface area contributed by atoms with E-state index in [2.05, 4.69) is 4.74 Å². The van der Waals surface area contributed by atoms with E-state index in [1.807, 2.05) is 13.8 Å². The minimum absolute atomic E-state index is 0.268. The van der Waals surface area contributed by atoms with E-state index in [1.54, 1.807) is 7.11 Å². The molecule has 0 unspecified atom stereocenters. The van der Waals surface area contributed by atoms with Gasteiger partial charge in [-0.1, -0.05) is 0 Å². The van der Waals surface area contributed by atoms with Crippen LogP contribution in [0.25, 0.3) is 0 Å². The second-order valence-corrected chi connectivity index (χ2v) is 4.70. The molecule has 18 heavy (non-hydrogen) atoms. The molecule has 6 nitrogen and oxygen atoms in total. The number of fused-ring (bicyclic) bond motifs is 1. The molecule has 2 fully saturated rings. The lowest BCUT2D eigenvalue weighted by Gasteiger charge is -2.22. The van der Waals surface area contributed by atoms with Gasteiger partial charge in [0.25, 0.3) is 0 Å². The van der Waals surface area contributed by atoms with E-state index in [-0.39, 0.29) is 18.3 Å². The van der Waals surface area contributed by atoms with Crippen molar-refractivity contribution in [2.24, 2.45) is 0 Å². The van der Waals surface area contributed by atoms with Gasteiger partial charge in [-0.05, 0) is 13.8 Å². The summed E-state index contributed by atoms with van der Waals surface area (Å²) in [6, 6.07) is 0. The Morgan fingerprint density at radius 3 is 2.72 bits per heavy atom. The third-order valence-electron chi connectivity index (χ3n) is 2.86. The SMILES string of the molecule is COC[C@H]1O/C(=C/C(=O)OC)[C@@H]2OC(C)(C)O[C@H]12. The molecule has 0 amide bonds. The van der Waals surface area contributed by atoms with Gasteiger partial charge < -0.3 is 23.7 Å². The fourth-order valence-electron chi connectivity index (χ4n) is 2.17. The Balaban J connectivity index is 2.19. The number of rotatable bonds is 3. The second kappa shape index (κ2) is 4.87. The maximum Gasteiger partial charge on any atom is 0.333 e. The number of carbonyl (C=O) groups is 1. The van der Waals surface area contributed by atoms with Crippen LogP contribution in [0.15, 0.2) is 11.8 Å². The molecule has 0 radical (unpaired) electrons. The summed E-state index contributed by atoms with van der Waals surface area (Å²) in [5.74, 6) is -0.741. The van der Waals surface area contributed by atoms with Crippen molar-refractivity contribution in [1.29, 1.82) is 0 Å². The van der Waals surface area contributed by atoms with Crippen LogP contribution in [-0.4, -0.2) is 50.9 Å². The molecule has 2 heterocycles. The maximum atomic E-state index is 11.3.